The first-order valence-corrected chi connectivity index (χ1v) is 6.45. The summed E-state index contributed by atoms with van der Waals surface area (Å²) in [6, 6.07) is 11.2. The molecule has 0 aliphatic carbocycles. The number of hydrogen-bond donors (Lipinski definition) is 1. The van der Waals surface area contributed by atoms with E-state index in [0.717, 1.165) is 11.1 Å². The lowest BCUT2D eigenvalue weighted by Crippen LogP contribution is -2.43. The van der Waals surface area contributed by atoms with Crippen LogP contribution in [0.25, 0.3) is 0 Å². The highest BCUT2D eigenvalue weighted by molar-refractivity contribution is 6.82. The molecule has 0 amide bonds. The van der Waals surface area contributed by atoms with Crippen LogP contribution in [0.5, 0.6) is 0 Å². The molecule has 0 aromatic heterocycles. The van der Waals surface area contributed by atoms with Gasteiger partial charge in [0, 0.05) is 10.0 Å². The lowest BCUT2D eigenvalue weighted by Gasteiger charge is -2.12. The third-order valence-electron chi connectivity index (χ3n) is 2.90. The van der Waals surface area contributed by atoms with Gasteiger partial charge in [-0.25, -0.2) is 0 Å². The molecule has 0 aliphatic rings. The molecule has 2 aromatic rings. The van der Waals surface area contributed by atoms with E-state index in [4.69, 9.17) is 23.2 Å². The average molecular weight is 279 g/mol. The molecule has 1 nitrogen and oxygen atoms in total. The molecule has 0 bridgehead atoms. The first kappa shape index (κ1) is 13.5. The molecule has 0 unspecified atom stereocenters. The lowest BCUT2D eigenvalue weighted by atomic mass is 9.55. The topological polar surface area (TPSA) is 20.2 Å². The van der Waals surface area contributed by atoms with Gasteiger partial charge >= 0.3 is 6.92 Å². The van der Waals surface area contributed by atoms with Gasteiger partial charge in [-0.2, -0.15) is 0 Å². The van der Waals surface area contributed by atoms with Gasteiger partial charge in [-0.1, -0.05) is 47.5 Å². The summed E-state index contributed by atoms with van der Waals surface area (Å²) in [6.07, 6.45) is 0. The van der Waals surface area contributed by atoms with Crippen LogP contribution < -0.4 is 10.9 Å². The van der Waals surface area contributed by atoms with Gasteiger partial charge in [-0.3, -0.25) is 0 Å². The van der Waals surface area contributed by atoms with Crippen LogP contribution >= 0.6 is 23.2 Å². The van der Waals surface area contributed by atoms with E-state index >= 15 is 0 Å². The number of halogens is 2. The van der Waals surface area contributed by atoms with Gasteiger partial charge in [-0.15, -0.1) is 0 Å². The van der Waals surface area contributed by atoms with Crippen molar-refractivity contribution >= 4 is 41.0 Å². The molecule has 0 radical (unpaired) electrons. The van der Waals surface area contributed by atoms with Crippen molar-refractivity contribution in [3.05, 3.63) is 57.6 Å². The zero-order valence-electron chi connectivity index (χ0n) is 10.2. The molecule has 2 rings (SSSR count). The molecule has 0 saturated carbocycles. The van der Waals surface area contributed by atoms with Crippen LogP contribution in [-0.2, 0) is 0 Å². The van der Waals surface area contributed by atoms with Gasteiger partial charge in [0.1, 0.15) is 0 Å². The van der Waals surface area contributed by atoms with Gasteiger partial charge in [0.15, 0.2) is 0 Å². The molecule has 2 aromatic carbocycles. The predicted molar refractivity (Wildman–Crippen MR) is 79.6 cm³/mol. The summed E-state index contributed by atoms with van der Waals surface area (Å²) in [5.74, 6) is 0. The normalized spacial score (nSPS) is 10.5. The van der Waals surface area contributed by atoms with E-state index in [0.29, 0.717) is 21.0 Å². The Balaban J connectivity index is 2.44. The molecule has 0 spiro atoms. The van der Waals surface area contributed by atoms with Crippen molar-refractivity contribution in [2.45, 2.75) is 13.8 Å². The summed E-state index contributed by atoms with van der Waals surface area (Å²) < 4.78 is 0. The summed E-state index contributed by atoms with van der Waals surface area (Å²) in [6.45, 7) is 3.12. The Labute approximate surface area is 117 Å². The molecular formula is C14H13BCl2O. The Morgan fingerprint density at radius 3 is 1.56 bits per heavy atom. The molecule has 18 heavy (non-hydrogen) atoms. The molecule has 1 N–H and O–H groups in total. The molecule has 0 atom stereocenters. The quantitative estimate of drug-likeness (QED) is 0.838. The number of aryl methyl sites for hydroxylation is 2. The summed E-state index contributed by atoms with van der Waals surface area (Å²) in [5, 5.41) is 11.5. The van der Waals surface area contributed by atoms with Crippen LogP contribution in [0.4, 0.5) is 0 Å². The van der Waals surface area contributed by atoms with E-state index in [9.17, 15) is 5.02 Å². The van der Waals surface area contributed by atoms with E-state index in [1.165, 1.54) is 0 Å². The van der Waals surface area contributed by atoms with Crippen molar-refractivity contribution < 1.29 is 5.02 Å². The van der Waals surface area contributed by atoms with Gasteiger partial charge < -0.3 is 5.02 Å². The fourth-order valence-electron chi connectivity index (χ4n) is 1.88. The van der Waals surface area contributed by atoms with Crippen LogP contribution in [0.3, 0.4) is 0 Å². The molecule has 0 heterocycles. The minimum atomic E-state index is -0.800. The van der Waals surface area contributed by atoms with Gasteiger partial charge in [0.2, 0.25) is 0 Å². The maximum absolute atomic E-state index is 10.4. The van der Waals surface area contributed by atoms with Gasteiger partial charge in [0.05, 0.1) is 0 Å². The smallest absolute Gasteiger partial charge is 0.361 e. The zero-order chi connectivity index (χ0) is 13.3. The van der Waals surface area contributed by atoms with Crippen molar-refractivity contribution in [1.29, 1.82) is 0 Å². The first-order valence-electron chi connectivity index (χ1n) is 5.69. The number of hydrogen-bond acceptors (Lipinski definition) is 1. The zero-order valence-corrected chi connectivity index (χ0v) is 11.8. The third kappa shape index (κ3) is 2.72. The number of rotatable bonds is 2. The van der Waals surface area contributed by atoms with Crippen molar-refractivity contribution in [3.8, 4) is 0 Å². The Bertz CT molecular complexity index is 533. The van der Waals surface area contributed by atoms with Crippen molar-refractivity contribution in [3.63, 3.8) is 0 Å². The SMILES string of the molecule is Cc1ccc(B(O)c2ccc(C)cc2Cl)c(Cl)c1. The third-order valence-corrected chi connectivity index (χ3v) is 3.56. The van der Waals surface area contributed by atoms with E-state index in [1.807, 2.05) is 50.2 Å². The van der Waals surface area contributed by atoms with Crippen molar-refractivity contribution in [2.75, 3.05) is 0 Å². The molecule has 92 valence electrons. The molecule has 0 aliphatic heterocycles. The Hall–Kier alpha value is -0.955. The van der Waals surface area contributed by atoms with Gasteiger partial charge in [0.25, 0.3) is 0 Å². The lowest BCUT2D eigenvalue weighted by molar-refractivity contribution is 0.600. The maximum Gasteiger partial charge on any atom is 0.361 e. The number of benzene rings is 2. The Kier molecular flexibility index (Phi) is 4.01. The van der Waals surface area contributed by atoms with Crippen LogP contribution in [0.15, 0.2) is 36.4 Å². The summed E-state index contributed by atoms with van der Waals surface area (Å²) >= 11 is 12.3. The second kappa shape index (κ2) is 5.35. The highest BCUT2D eigenvalue weighted by Crippen LogP contribution is 2.12. The highest BCUT2D eigenvalue weighted by Gasteiger charge is 2.22. The standard InChI is InChI=1S/C14H13BCl2O/c1-9-3-5-11(13(16)7-9)15(18)12-6-4-10(2)8-14(12)17/h3-8,18H,1-2H3. The summed E-state index contributed by atoms with van der Waals surface area (Å²) in [7, 11) is 0. The maximum atomic E-state index is 10.4. The minimum absolute atomic E-state index is 0.555. The van der Waals surface area contributed by atoms with Gasteiger partial charge in [-0.05, 0) is 48.0 Å². The van der Waals surface area contributed by atoms with E-state index in [-0.39, 0.29) is 0 Å². The van der Waals surface area contributed by atoms with E-state index in [2.05, 4.69) is 0 Å². The molecule has 0 fully saturated rings. The molecule has 0 saturated heterocycles. The monoisotopic (exact) mass is 278 g/mol. The minimum Gasteiger partial charge on any atom is -0.443 e. The second-order valence-electron chi connectivity index (χ2n) is 4.45. The van der Waals surface area contributed by atoms with Crippen LogP contribution in [0.1, 0.15) is 11.1 Å². The Morgan fingerprint density at radius 2 is 1.22 bits per heavy atom. The van der Waals surface area contributed by atoms with E-state index in [1.54, 1.807) is 0 Å². The predicted octanol–water partition coefficient (Wildman–Crippen LogP) is 2.71. The fourth-order valence-corrected chi connectivity index (χ4v) is 2.55. The van der Waals surface area contributed by atoms with Crippen LogP contribution in [0, 0.1) is 13.8 Å². The largest absolute Gasteiger partial charge is 0.443 e. The van der Waals surface area contributed by atoms with Crippen LogP contribution in [-0.4, -0.2) is 11.9 Å². The van der Waals surface area contributed by atoms with Crippen molar-refractivity contribution in [1.82, 2.24) is 0 Å². The molecule has 4 heteroatoms. The van der Waals surface area contributed by atoms with Crippen LogP contribution in [0.2, 0.25) is 10.0 Å². The summed E-state index contributed by atoms with van der Waals surface area (Å²) in [5.41, 5.74) is 3.47. The Morgan fingerprint density at radius 1 is 0.833 bits per heavy atom. The highest BCUT2D eigenvalue weighted by atomic mass is 35.5. The average Bonchev–Trinajstić information content (AvgIpc) is 2.28. The first-order chi connectivity index (χ1) is 8.49. The second-order valence-corrected chi connectivity index (χ2v) is 5.27. The fraction of sp³-hybridized carbons (Fsp3) is 0.143. The van der Waals surface area contributed by atoms with E-state index < -0.39 is 6.92 Å². The molecular weight excluding hydrogens is 266 g/mol. The van der Waals surface area contributed by atoms with Crippen molar-refractivity contribution in [2.24, 2.45) is 0 Å². The summed E-state index contributed by atoms with van der Waals surface area (Å²) in [4.78, 5) is 0.